The number of aliphatic hydroxyl groups is 1. The Hall–Kier alpha value is -2.10. The molecule has 2 fully saturated rings. The van der Waals surface area contributed by atoms with Gasteiger partial charge in [-0.05, 0) is 39.2 Å². The smallest absolute Gasteiger partial charge is 0.314 e. The monoisotopic (exact) mass is 436 g/mol. The van der Waals surface area contributed by atoms with E-state index in [1.165, 1.54) is 13.2 Å². The van der Waals surface area contributed by atoms with Crippen molar-refractivity contribution in [3.05, 3.63) is 22.2 Å². The van der Waals surface area contributed by atoms with Gasteiger partial charge in [-0.1, -0.05) is 0 Å². The van der Waals surface area contributed by atoms with Gasteiger partial charge in [-0.25, -0.2) is 0 Å². The summed E-state index contributed by atoms with van der Waals surface area (Å²) in [6.07, 6.45) is 4.53. The van der Waals surface area contributed by atoms with Crippen LogP contribution in [0, 0.1) is 10.1 Å². The number of nitro groups is 1. The van der Waals surface area contributed by atoms with Crippen LogP contribution in [0.5, 0.6) is 11.5 Å². The summed E-state index contributed by atoms with van der Waals surface area (Å²) in [6, 6.07) is 3.83. The summed E-state index contributed by atoms with van der Waals surface area (Å²) in [7, 11) is 3.63. The number of piperidine rings is 1. The van der Waals surface area contributed by atoms with E-state index in [0.717, 1.165) is 77.1 Å². The predicted molar refractivity (Wildman–Crippen MR) is 120 cm³/mol. The highest BCUT2D eigenvalue weighted by atomic mass is 16.6. The molecule has 0 amide bonds. The fourth-order valence-corrected chi connectivity index (χ4v) is 4.44. The van der Waals surface area contributed by atoms with Gasteiger partial charge in [-0.15, -0.1) is 0 Å². The molecular formula is C22H36N4O5. The van der Waals surface area contributed by atoms with Gasteiger partial charge in [0, 0.05) is 58.0 Å². The average Bonchev–Trinajstić information content (AvgIpc) is 2.79. The number of rotatable bonds is 10. The maximum Gasteiger partial charge on any atom is 0.314 e. The second kappa shape index (κ2) is 11.5. The number of benzene rings is 1. The first-order chi connectivity index (χ1) is 15.0. The Morgan fingerprint density at radius 3 is 2.39 bits per heavy atom. The van der Waals surface area contributed by atoms with Gasteiger partial charge in [-0.3, -0.25) is 15.0 Å². The molecule has 0 unspecified atom stereocenters. The lowest BCUT2D eigenvalue weighted by atomic mass is 10.0. The third-order valence-electron chi connectivity index (χ3n) is 6.38. The van der Waals surface area contributed by atoms with Crippen LogP contribution < -0.4 is 14.4 Å². The normalized spacial score (nSPS) is 18.9. The lowest BCUT2D eigenvalue weighted by Gasteiger charge is -2.42. The van der Waals surface area contributed by atoms with Crippen molar-refractivity contribution >= 4 is 11.4 Å². The summed E-state index contributed by atoms with van der Waals surface area (Å²) in [6.45, 7) is 6.89. The van der Waals surface area contributed by atoms with E-state index in [1.54, 1.807) is 6.07 Å². The number of hydrogen-bond donors (Lipinski definition) is 1. The Kier molecular flexibility index (Phi) is 8.74. The van der Waals surface area contributed by atoms with E-state index in [-0.39, 0.29) is 18.0 Å². The lowest BCUT2D eigenvalue weighted by Crippen LogP contribution is -2.52. The van der Waals surface area contributed by atoms with Crippen molar-refractivity contribution < 1.29 is 19.5 Å². The Morgan fingerprint density at radius 1 is 1.06 bits per heavy atom. The summed E-state index contributed by atoms with van der Waals surface area (Å²) in [5, 5.41) is 20.4. The maximum atomic E-state index is 11.5. The van der Waals surface area contributed by atoms with Crippen molar-refractivity contribution in [2.75, 3.05) is 71.5 Å². The van der Waals surface area contributed by atoms with Crippen LogP contribution >= 0.6 is 0 Å². The van der Waals surface area contributed by atoms with Crippen LogP contribution in [0.25, 0.3) is 0 Å². The van der Waals surface area contributed by atoms with Crippen molar-refractivity contribution in [3.63, 3.8) is 0 Å². The van der Waals surface area contributed by atoms with Gasteiger partial charge in [0.1, 0.15) is 5.75 Å². The van der Waals surface area contributed by atoms with Crippen LogP contribution in [-0.2, 0) is 0 Å². The molecule has 0 spiro atoms. The van der Waals surface area contributed by atoms with E-state index >= 15 is 0 Å². The van der Waals surface area contributed by atoms with Crippen molar-refractivity contribution in [3.8, 4) is 11.5 Å². The molecule has 9 nitrogen and oxygen atoms in total. The molecule has 2 heterocycles. The number of ether oxygens (including phenoxy) is 2. The molecule has 9 heteroatoms. The standard InChI is InChI=1S/C22H36N4O5/c1-23-10-12-24(13-11-23)18-6-8-25(9-7-18)19-16-21(30-2)20(26(28)29)17-22(19)31-15-5-3-4-14-27/h16-18,27H,3-15H2,1-2H3. The zero-order chi connectivity index (χ0) is 22.2. The van der Waals surface area contributed by atoms with Gasteiger partial charge in [-0.2, -0.15) is 0 Å². The van der Waals surface area contributed by atoms with E-state index in [0.29, 0.717) is 18.4 Å². The van der Waals surface area contributed by atoms with Gasteiger partial charge >= 0.3 is 5.69 Å². The lowest BCUT2D eigenvalue weighted by molar-refractivity contribution is -0.385. The number of unbranched alkanes of at least 4 members (excludes halogenated alkanes) is 2. The number of anilines is 1. The molecule has 2 saturated heterocycles. The molecule has 31 heavy (non-hydrogen) atoms. The molecule has 0 aromatic heterocycles. The van der Waals surface area contributed by atoms with Gasteiger partial charge < -0.3 is 24.4 Å². The third-order valence-corrected chi connectivity index (χ3v) is 6.38. The minimum absolute atomic E-state index is 0.0797. The van der Waals surface area contributed by atoms with E-state index in [1.807, 2.05) is 0 Å². The molecular weight excluding hydrogens is 400 g/mol. The minimum atomic E-state index is -0.430. The summed E-state index contributed by atoms with van der Waals surface area (Å²) >= 11 is 0. The molecule has 0 radical (unpaired) electrons. The number of hydrogen-bond acceptors (Lipinski definition) is 8. The quantitative estimate of drug-likeness (QED) is 0.340. The molecule has 0 aliphatic carbocycles. The van der Waals surface area contributed by atoms with Crippen molar-refractivity contribution in [1.82, 2.24) is 9.80 Å². The molecule has 1 N–H and O–H groups in total. The molecule has 2 aliphatic rings. The van der Waals surface area contributed by atoms with E-state index in [2.05, 4.69) is 21.7 Å². The molecule has 1 aromatic rings. The number of aliphatic hydroxyl groups excluding tert-OH is 1. The number of nitrogens with zero attached hydrogens (tertiary/aromatic N) is 4. The van der Waals surface area contributed by atoms with Crippen LogP contribution in [0.3, 0.4) is 0 Å². The first-order valence-electron chi connectivity index (χ1n) is 11.3. The molecule has 1 aromatic carbocycles. The Labute approximate surface area is 184 Å². The van der Waals surface area contributed by atoms with Gasteiger partial charge in [0.05, 0.1) is 30.4 Å². The Bertz CT molecular complexity index is 716. The highest BCUT2D eigenvalue weighted by Crippen LogP contribution is 2.41. The van der Waals surface area contributed by atoms with Crippen molar-refractivity contribution in [1.29, 1.82) is 0 Å². The Morgan fingerprint density at radius 2 is 1.77 bits per heavy atom. The molecule has 0 bridgehead atoms. The second-order valence-corrected chi connectivity index (χ2v) is 8.44. The summed E-state index contributed by atoms with van der Waals surface area (Å²) < 4.78 is 11.3. The van der Waals surface area contributed by atoms with Crippen LogP contribution in [0.2, 0.25) is 0 Å². The minimum Gasteiger partial charge on any atom is -0.491 e. The third kappa shape index (κ3) is 6.21. The topological polar surface area (TPSA) is 91.6 Å². The van der Waals surface area contributed by atoms with E-state index in [4.69, 9.17) is 14.6 Å². The van der Waals surface area contributed by atoms with Crippen molar-refractivity contribution in [2.45, 2.75) is 38.1 Å². The summed E-state index contributed by atoms with van der Waals surface area (Å²) in [4.78, 5) is 18.3. The molecule has 3 rings (SSSR count). The highest BCUT2D eigenvalue weighted by Gasteiger charge is 2.29. The second-order valence-electron chi connectivity index (χ2n) is 8.44. The van der Waals surface area contributed by atoms with Crippen LogP contribution in [-0.4, -0.2) is 92.5 Å². The number of piperazine rings is 1. The molecule has 174 valence electrons. The molecule has 0 saturated carbocycles. The number of nitro benzene ring substituents is 1. The van der Waals surface area contributed by atoms with Gasteiger partial charge in [0.15, 0.2) is 5.75 Å². The number of likely N-dealkylation sites (N-methyl/N-ethyl adjacent to an activating group) is 1. The molecule has 2 aliphatic heterocycles. The van der Waals surface area contributed by atoms with Crippen LogP contribution in [0.15, 0.2) is 12.1 Å². The highest BCUT2D eigenvalue weighted by molar-refractivity contribution is 5.68. The average molecular weight is 437 g/mol. The number of methoxy groups -OCH3 is 1. The first-order valence-corrected chi connectivity index (χ1v) is 11.3. The summed E-state index contributed by atoms with van der Waals surface area (Å²) in [5.41, 5.74) is 0.783. The Balaban J connectivity index is 1.70. The SMILES string of the molecule is COc1cc(N2CCC(N3CCN(C)CC3)CC2)c(OCCCCCO)cc1[N+](=O)[O-]. The zero-order valence-electron chi connectivity index (χ0n) is 18.8. The van der Waals surface area contributed by atoms with Crippen LogP contribution in [0.4, 0.5) is 11.4 Å². The maximum absolute atomic E-state index is 11.5. The van der Waals surface area contributed by atoms with E-state index < -0.39 is 4.92 Å². The van der Waals surface area contributed by atoms with E-state index in [9.17, 15) is 10.1 Å². The largest absolute Gasteiger partial charge is 0.491 e. The summed E-state index contributed by atoms with van der Waals surface area (Å²) in [5.74, 6) is 0.795. The predicted octanol–water partition coefficient (Wildman–Crippen LogP) is 2.36. The van der Waals surface area contributed by atoms with Crippen LogP contribution in [0.1, 0.15) is 32.1 Å². The molecule has 0 atom stereocenters. The van der Waals surface area contributed by atoms with Gasteiger partial charge in [0.2, 0.25) is 0 Å². The van der Waals surface area contributed by atoms with Crippen molar-refractivity contribution in [2.24, 2.45) is 0 Å². The first kappa shape index (κ1) is 23.6. The van der Waals surface area contributed by atoms with Gasteiger partial charge in [0.25, 0.3) is 0 Å². The fourth-order valence-electron chi connectivity index (χ4n) is 4.44. The zero-order valence-corrected chi connectivity index (χ0v) is 18.8. The fraction of sp³-hybridized carbons (Fsp3) is 0.727.